The minimum atomic E-state index is 0.251. The van der Waals surface area contributed by atoms with E-state index in [9.17, 15) is 4.79 Å². The van der Waals surface area contributed by atoms with Crippen molar-refractivity contribution < 1.29 is 4.79 Å². The van der Waals surface area contributed by atoms with Gasteiger partial charge in [0, 0.05) is 25.7 Å². The summed E-state index contributed by atoms with van der Waals surface area (Å²) in [5.74, 6) is 0.749. The summed E-state index contributed by atoms with van der Waals surface area (Å²) < 4.78 is 0. The van der Waals surface area contributed by atoms with Gasteiger partial charge >= 0.3 is 0 Å². The first-order chi connectivity index (χ1) is 8.68. The Morgan fingerprint density at radius 2 is 2.11 bits per heavy atom. The van der Waals surface area contributed by atoms with E-state index in [0.29, 0.717) is 18.4 Å². The van der Waals surface area contributed by atoms with Gasteiger partial charge in [-0.1, -0.05) is 44.2 Å². The molecule has 1 heterocycles. The fraction of sp³-hybridized carbons (Fsp3) is 0.533. The number of carbonyl (C=O) groups is 1. The topological polar surface area (TPSA) is 32.3 Å². The molecule has 3 heteroatoms. The molecule has 0 saturated carbocycles. The van der Waals surface area contributed by atoms with Gasteiger partial charge in [-0.3, -0.25) is 4.79 Å². The largest absolute Gasteiger partial charge is 0.337 e. The molecule has 98 valence electrons. The zero-order chi connectivity index (χ0) is 13.0. The number of amides is 1. The molecule has 0 radical (unpaired) electrons. The second-order valence-electron chi connectivity index (χ2n) is 5.26. The van der Waals surface area contributed by atoms with E-state index in [-0.39, 0.29) is 5.91 Å². The van der Waals surface area contributed by atoms with E-state index in [4.69, 9.17) is 0 Å². The van der Waals surface area contributed by atoms with Crippen LogP contribution in [0.3, 0.4) is 0 Å². The zero-order valence-electron chi connectivity index (χ0n) is 11.2. The quantitative estimate of drug-likeness (QED) is 0.880. The first-order valence-corrected chi connectivity index (χ1v) is 6.72. The van der Waals surface area contributed by atoms with Crippen LogP contribution in [0.4, 0.5) is 0 Å². The average molecular weight is 246 g/mol. The molecule has 0 unspecified atom stereocenters. The smallest absolute Gasteiger partial charge is 0.227 e. The molecule has 1 N–H and O–H groups in total. The van der Waals surface area contributed by atoms with Crippen molar-refractivity contribution in [3.63, 3.8) is 0 Å². The van der Waals surface area contributed by atoms with Crippen molar-refractivity contribution in [1.82, 2.24) is 10.2 Å². The van der Waals surface area contributed by atoms with Gasteiger partial charge in [-0.05, 0) is 11.5 Å². The van der Waals surface area contributed by atoms with Crippen LogP contribution < -0.4 is 5.32 Å². The van der Waals surface area contributed by atoms with Gasteiger partial charge in [0.15, 0.2) is 0 Å². The standard InChI is InChI=1S/C15H22N2O/c1-12(2)14-11-16-8-9-17(14)15(18)10-13-6-4-3-5-7-13/h3-7,12,14,16H,8-11H2,1-2H3/t14-/m1/s1. The lowest BCUT2D eigenvalue weighted by atomic mass is 9.99. The molecule has 0 aliphatic carbocycles. The highest BCUT2D eigenvalue weighted by atomic mass is 16.2. The second kappa shape index (κ2) is 6.01. The van der Waals surface area contributed by atoms with Gasteiger partial charge in [-0.2, -0.15) is 0 Å². The molecule has 1 fully saturated rings. The Hall–Kier alpha value is -1.35. The van der Waals surface area contributed by atoms with Crippen LogP contribution in [0.15, 0.2) is 30.3 Å². The van der Waals surface area contributed by atoms with E-state index in [1.54, 1.807) is 0 Å². The van der Waals surface area contributed by atoms with Crippen molar-refractivity contribution in [2.45, 2.75) is 26.3 Å². The highest BCUT2D eigenvalue weighted by Gasteiger charge is 2.28. The third kappa shape index (κ3) is 3.10. The molecule has 1 aliphatic rings. The summed E-state index contributed by atoms with van der Waals surface area (Å²) in [7, 11) is 0. The average Bonchev–Trinajstić information content (AvgIpc) is 2.40. The first-order valence-electron chi connectivity index (χ1n) is 6.72. The maximum atomic E-state index is 12.4. The highest BCUT2D eigenvalue weighted by Crippen LogP contribution is 2.14. The molecule has 2 rings (SSSR count). The van der Waals surface area contributed by atoms with Crippen LogP contribution in [0.1, 0.15) is 19.4 Å². The minimum absolute atomic E-state index is 0.251. The first kappa shape index (κ1) is 13.1. The zero-order valence-corrected chi connectivity index (χ0v) is 11.2. The van der Waals surface area contributed by atoms with Crippen molar-refractivity contribution in [1.29, 1.82) is 0 Å². The number of nitrogens with one attached hydrogen (secondary N) is 1. The summed E-state index contributed by atoms with van der Waals surface area (Å²) >= 11 is 0. The Labute approximate surface area is 109 Å². The Kier molecular flexibility index (Phi) is 4.37. The van der Waals surface area contributed by atoms with Gasteiger partial charge in [0.2, 0.25) is 5.91 Å². The third-order valence-electron chi connectivity index (χ3n) is 3.57. The second-order valence-corrected chi connectivity index (χ2v) is 5.26. The fourth-order valence-corrected chi connectivity index (χ4v) is 2.50. The van der Waals surface area contributed by atoms with Crippen molar-refractivity contribution in [2.75, 3.05) is 19.6 Å². The Bertz CT molecular complexity index is 389. The highest BCUT2D eigenvalue weighted by molar-refractivity contribution is 5.79. The summed E-state index contributed by atoms with van der Waals surface area (Å²) in [4.78, 5) is 14.4. The number of hydrogen-bond acceptors (Lipinski definition) is 2. The lowest BCUT2D eigenvalue weighted by molar-refractivity contribution is -0.134. The van der Waals surface area contributed by atoms with E-state index >= 15 is 0 Å². The summed E-state index contributed by atoms with van der Waals surface area (Å²) in [5, 5.41) is 3.37. The monoisotopic (exact) mass is 246 g/mol. The van der Waals surface area contributed by atoms with E-state index in [2.05, 4.69) is 19.2 Å². The van der Waals surface area contributed by atoms with Gasteiger partial charge in [0.05, 0.1) is 6.42 Å². The Morgan fingerprint density at radius 1 is 1.39 bits per heavy atom. The molecule has 0 spiro atoms. The molecule has 0 aromatic heterocycles. The summed E-state index contributed by atoms with van der Waals surface area (Å²) in [6.45, 7) is 7.01. The molecule has 1 atom stereocenters. The summed E-state index contributed by atoms with van der Waals surface area (Å²) in [5.41, 5.74) is 1.10. The molecule has 0 bridgehead atoms. The van der Waals surface area contributed by atoms with Crippen LogP contribution in [-0.4, -0.2) is 36.5 Å². The van der Waals surface area contributed by atoms with Crippen LogP contribution in [-0.2, 0) is 11.2 Å². The van der Waals surface area contributed by atoms with Gasteiger partial charge in [-0.15, -0.1) is 0 Å². The van der Waals surface area contributed by atoms with Crippen LogP contribution in [0, 0.1) is 5.92 Å². The number of carbonyl (C=O) groups excluding carboxylic acids is 1. The van der Waals surface area contributed by atoms with E-state index in [1.165, 1.54) is 0 Å². The van der Waals surface area contributed by atoms with Crippen LogP contribution in [0.5, 0.6) is 0 Å². The predicted octanol–water partition coefficient (Wildman–Crippen LogP) is 1.69. The van der Waals surface area contributed by atoms with Gasteiger partial charge in [0.25, 0.3) is 0 Å². The van der Waals surface area contributed by atoms with Crippen molar-refractivity contribution in [3.05, 3.63) is 35.9 Å². The lowest BCUT2D eigenvalue weighted by Gasteiger charge is -2.38. The molecule has 1 amide bonds. The molecular weight excluding hydrogens is 224 g/mol. The van der Waals surface area contributed by atoms with Gasteiger partial charge in [0.1, 0.15) is 0 Å². The molecule has 1 saturated heterocycles. The molecule has 1 aromatic carbocycles. The van der Waals surface area contributed by atoms with Crippen LogP contribution in [0.2, 0.25) is 0 Å². The van der Waals surface area contributed by atoms with Crippen molar-refractivity contribution >= 4 is 5.91 Å². The van der Waals surface area contributed by atoms with Crippen LogP contribution in [0.25, 0.3) is 0 Å². The maximum Gasteiger partial charge on any atom is 0.227 e. The number of hydrogen-bond donors (Lipinski definition) is 1. The Balaban J connectivity index is 2.02. The number of piperazine rings is 1. The molecule has 1 aromatic rings. The third-order valence-corrected chi connectivity index (χ3v) is 3.57. The van der Waals surface area contributed by atoms with Crippen LogP contribution >= 0.6 is 0 Å². The molecule has 1 aliphatic heterocycles. The molecule has 3 nitrogen and oxygen atoms in total. The van der Waals surface area contributed by atoms with E-state index in [1.807, 2.05) is 35.2 Å². The van der Waals surface area contributed by atoms with Gasteiger partial charge in [-0.25, -0.2) is 0 Å². The van der Waals surface area contributed by atoms with E-state index < -0.39 is 0 Å². The van der Waals surface area contributed by atoms with E-state index in [0.717, 1.165) is 25.2 Å². The minimum Gasteiger partial charge on any atom is -0.337 e. The molecular formula is C15H22N2O. The number of benzene rings is 1. The van der Waals surface area contributed by atoms with Gasteiger partial charge < -0.3 is 10.2 Å². The summed E-state index contributed by atoms with van der Waals surface area (Å²) in [6, 6.07) is 10.3. The molecule has 18 heavy (non-hydrogen) atoms. The summed E-state index contributed by atoms with van der Waals surface area (Å²) in [6.07, 6.45) is 0.518. The van der Waals surface area contributed by atoms with Crippen molar-refractivity contribution in [3.8, 4) is 0 Å². The maximum absolute atomic E-state index is 12.4. The Morgan fingerprint density at radius 3 is 2.78 bits per heavy atom. The number of nitrogens with zero attached hydrogens (tertiary/aromatic N) is 1. The predicted molar refractivity (Wildman–Crippen MR) is 73.4 cm³/mol. The normalized spacial score (nSPS) is 20.2. The SMILES string of the molecule is CC(C)[C@H]1CNCCN1C(=O)Cc1ccccc1. The van der Waals surface area contributed by atoms with Crippen molar-refractivity contribution in [2.24, 2.45) is 5.92 Å². The number of rotatable bonds is 3. The lowest BCUT2D eigenvalue weighted by Crippen LogP contribution is -2.56. The fourth-order valence-electron chi connectivity index (χ4n) is 2.50.